The molecule has 0 unspecified atom stereocenters. The van der Waals surface area contributed by atoms with Gasteiger partial charge in [-0.05, 0) is 55.8 Å². The zero-order valence-corrected chi connectivity index (χ0v) is 12.1. The first-order valence-corrected chi connectivity index (χ1v) is 7.60. The van der Waals surface area contributed by atoms with Crippen molar-refractivity contribution in [2.45, 2.75) is 25.4 Å². The fourth-order valence-corrected chi connectivity index (χ4v) is 2.96. The minimum Gasteiger partial charge on any atom is -0.364 e. The molecule has 1 aliphatic rings. The molecule has 0 bridgehead atoms. The summed E-state index contributed by atoms with van der Waals surface area (Å²) in [6.45, 7) is 2.98. The molecule has 110 valence electrons. The van der Waals surface area contributed by atoms with Gasteiger partial charge in [-0.3, -0.25) is 0 Å². The number of anilines is 1. The SMILES string of the molecule is Fc1ccc(N(Cc2ccccc2)C2CCNCC2)cc1. The molecule has 0 spiro atoms. The molecule has 0 aliphatic carbocycles. The van der Waals surface area contributed by atoms with E-state index in [4.69, 9.17) is 0 Å². The number of hydrogen-bond donors (Lipinski definition) is 1. The van der Waals surface area contributed by atoms with Gasteiger partial charge >= 0.3 is 0 Å². The molecular weight excluding hydrogens is 263 g/mol. The largest absolute Gasteiger partial charge is 0.364 e. The van der Waals surface area contributed by atoms with Gasteiger partial charge in [0.1, 0.15) is 5.82 Å². The Kier molecular flexibility index (Phi) is 4.51. The lowest BCUT2D eigenvalue weighted by molar-refractivity contribution is 0.428. The van der Waals surface area contributed by atoms with Crippen LogP contribution in [0.25, 0.3) is 0 Å². The van der Waals surface area contributed by atoms with Crippen LogP contribution in [0, 0.1) is 5.82 Å². The molecule has 21 heavy (non-hydrogen) atoms. The van der Waals surface area contributed by atoms with Gasteiger partial charge in [-0.15, -0.1) is 0 Å². The molecule has 1 N–H and O–H groups in total. The molecule has 2 aromatic carbocycles. The summed E-state index contributed by atoms with van der Waals surface area (Å²) in [5.41, 5.74) is 2.40. The Morgan fingerprint density at radius 2 is 1.62 bits per heavy atom. The first-order valence-electron chi connectivity index (χ1n) is 7.60. The van der Waals surface area contributed by atoms with Gasteiger partial charge in [0.15, 0.2) is 0 Å². The fraction of sp³-hybridized carbons (Fsp3) is 0.333. The van der Waals surface area contributed by atoms with E-state index < -0.39 is 0 Å². The van der Waals surface area contributed by atoms with Crippen molar-refractivity contribution in [3.8, 4) is 0 Å². The van der Waals surface area contributed by atoms with Crippen LogP contribution in [0.2, 0.25) is 0 Å². The second-order valence-corrected chi connectivity index (χ2v) is 5.57. The Balaban J connectivity index is 1.84. The zero-order valence-electron chi connectivity index (χ0n) is 12.1. The number of hydrogen-bond acceptors (Lipinski definition) is 2. The highest BCUT2D eigenvalue weighted by Gasteiger charge is 2.21. The lowest BCUT2D eigenvalue weighted by Crippen LogP contribution is -2.43. The molecule has 2 aromatic rings. The minimum atomic E-state index is -0.177. The maximum atomic E-state index is 13.2. The third-order valence-electron chi connectivity index (χ3n) is 4.10. The molecule has 1 aliphatic heterocycles. The van der Waals surface area contributed by atoms with Gasteiger partial charge in [0.05, 0.1) is 0 Å². The number of piperidine rings is 1. The van der Waals surface area contributed by atoms with Crippen molar-refractivity contribution in [2.75, 3.05) is 18.0 Å². The second-order valence-electron chi connectivity index (χ2n) is 5.57. The van der Waals surface area contributed by atoms with Crippen LogP contribution >= 0.6 is 0 Å². The zero-order chi connectivity index (χ0) is 14.5. The van der Waals surface area contributed by atoms with Gasteiger partial charge in [-0.2, -0.15) is 0 Å². The van der Waals surface area contributed by atoms with Crippen LogP contribution in [-0.4, -0.2) is 19.1 Å². The molecule has 3 heteroatoms. The third-order valence-corrected chi connectivity index (χ3v) is 4.10. The predicted octanol–water partition coefficient (Wildman–Crippen LogP) is 3.58. The summed E-state index contributed by atoms with van der Waals surface area (Å²) in [6.07, 6.45) is 2.26. The van der Waals surface area contributed by atoms with E-state index in [9.17, 15) is 4.39 Å². The van der Waals surface area contributed by atoms with Gasteiger partial charge in [0.25, 0.3) is 0 Å². The molecule has 3 rings (SSSR count). The minimum absolute atomic E-state index is 0.177. The summed E-state index contributed by atoms with van der Waals surface area (Å²) in [6, 6.07) is 17.9. The van der Waals surface area contributed by atoms with E-state index in [0.29, 0.717) is 6.04 Å². The number of halogens is 1. The fourth-order valence-electron chi connectivity index (χ4n) is 2.96. The summed E-state index contributed by atoms with van der Waals surface area (Å²) >= 11 is 0. The van der Waals surface area contributed by atoms with E-state index in [1.54, 1.807) is 12.1 Å². The van der Waals surface area contributed by atoms with E-state index in [0.717, 1.165) is 38.2 Å². The van der Waals surface area contributed by atoms with E-state index in [2.05, 4.69) is 34.5 Å². The Labute approximate surface area is 125 Å². The standard InChI is InChI=1S/C18H21FN2/c19-16-6-8-17(9-7-16)21(18-10-12-20-13-11-18)14-15-4-2-1-3-5-15/h1-9,18,20H,10-14H2. The van der Waals surface area contributed by atoms with Crippen LogP contribution in [0.1, 0.15) is 18.4 Å². The normalized spacial score (nSPS) is 15.9. The van der Waals surface area contributed by atoms with Crippen LogP contribution in [0.15, 0.2) is 54.6 Å². The van der Waals surface area contributed by atoms with Crippen molar-refractivity contribution in [1.29, 1.82) is 0 Å². The molecule has 1 fully saturated rings. The highest BCUT2D eigenvalue weighted by molar-refractivity contribution is 5.48. The van der Waals surface area contributed by atoms with Crippen LogP contribution < -0.4 is 10.2 Å². The number of nitrogens with one attached hydrogen (secondary N) is 1. The Morgan fingerprint density at radius 3 is 2.29 bits per heavy atom. The maximum Gasteiger partial charge on any atom is 0.123 e. The monoisotopic (exact) mass is 284 g/mol. The van der Waals surface area contributed by atoms with Crippen molar-refractivity contribution < 1.29 is 4.39 Å². The van der Waals surface area contributed by atoms with Gasteiger partial charge in [0, 0.05) is 18.3 Å². The molecular formula is C18H21FN2. The second kappa shape index (κ2) is 6.72. The van der Waals surface area contributed by atoms with Crippen LogP contribution in [0.4, 0.5) is 10.1 Å². The summed E-state index contributed by atoms with van der Waals surface area (Å²) < 4.78 is 13.2. The maximum absolute atomic E-state index is 13.2. The quantitative estimate of drug-likeness (QED) is 0.923. The molecule has 1 heterocycles. The van der Waals surface area contributed by atoms with E-state index in [1.165, 1.54) is 5.56 Å². The lowest BCUT2D eigenvalue weighted by Gasteiger charge is -2.36. The molecule has 0 aromatic heterocycles. The van der Waals surface area contributed by atoms with Crippen molar-refractivity contribution in [2.24, 2.45) is 0 Å². The van der Waals surface area contributed by atoms with Gasteiger partial charge in [-0.25, -0.2) is 4.39 Å². The number of benzene rings is 2. The average Bonchev–Trinajstić information content (AvgIpc) is 2.55. The predicted molar refractivity (Wildman–Crippen MR) is 84.9 cm³/mol. The average molecular weight is 284 g/mol. The van der Waals surface area contributed by atoms with Crippen molar-refractivity contribution >= 4 is 5.69 Å². The summed E-state index contributed by atoms with van der Waals surface area (Å²) in [5, 5.41) is 3.41. The number of nitrogens with zero attached hydrogens (tertiary/aromatic N) is 1. The Bertz CT molecular complexity index is 547. The summed E-state index contributed by atoms with van der Waals surface area (Å²) in [4.78, 5) is 2.41. The van der Waals surface area contributed by atoms with Gasteiger partial charge in [0.2, 0.25) is 0 Å². The first kappa shape index (κ1) is 14.1. The Hall–Kier alpha value is -1.87. The summed E-state index contributed by atoms with van der Waals surface area (Å²) in [5.74, 6) is -0.177. The molecule has 2 nitrogen and oxygen atoms in total. The van der Waals surface area contributed by atoms with E-state index in [1.807, 2.05) is 18.2 Å². The molecule has 0 atom stereocenters. The third kappa shape index (κ3) is 3.61. The first-order chi connectivity index (χ1) is 10.3. The highest BCUT2D eigenvalue weighted by atomic mass is 19.1. The van der Waals surface area contributed by atoms with Crippen LogP contribution in [-0.2, 0) is 6.54 Å². The molecule has 0 radical (unpaired) electrons. The molecule has 1 saturated heterocycles. The summed E-state index contributed by atoms with van der Waals surface area (Å²) in [7, 11) is 0. The highest BCUT2D eigenvalue weighted by Crippen LogP contribution is 2.24. The topological polar surface area (TPSA) is 15.3 Å². The lowest BCUT2D eigenvalue weighted by atomic mass is 10.0. The van der Waals surface area contributed by atoms with E-state index >= 15 is 0 Å². The van der Waals surface area contributed by atoms with E-state index in [-0.39, 0.29) is 5.82 Å². The van der Waals surface area contributed by atoms with Gasteiger partial charge < -0.3 is 10.2 Å². The van der Waals surface area contributed by atoms with Crippen LogP contribution in [0.5, 0.6) is 0 Å². The van der Waals surface area contributed by atoms with Crippen molar-refractivity contribution in [1.82, 2.24) is 5.32 Å². The Morgan fingerprint density at radius 1 is 0.952 bits per heavy atom. The smallest absolute Gasteiger partial charge is 0.123 e. The van der Waals surface area contributed by atoms with Crippen molar-refractivity contribution in [3.63, 3.8) is 0 Å². The molecule has 0 amide bonds. The van der Waals surface area contributed by atoms with Gasteiger partial charge in [-0.1, -0.05) is 30.3 Å². The number of rotatable bonds is 4. The van der Waals surface area contributed by atoms with Crippen molar-refractivity contribution in [3.05, 3.63) is 66.0 Å². The van der Waals surface area contributed by atoms with Crippen LogP contribution in [0.3, 0.4) is 0 Å². The molecule has 0 saturated carbocycles.